The molecular formula is C23H31N3O3S. The first-order valence-corrected chi connectivity index (χ1v) is 11.8. The highest BCUT2D eigenvalue weighted by Crippen LogP contribution is 2.56. The Balaban J connectivity index is 1.57. The van der Waals surface area contributed by atoms with Crippen LogP contribution in [0.5, 0.6) is 0 Å². The Morgan fingerprint density at radius 3 is 2.47 bits per heavy atom. The number of amides is 3. The molecule has 2 fully saturated rings. The summed E-state index contributed by atoms with van der Waals surface area (Å²) < 4.78 is -0.451. The summed E-state index contributed by atoms with van der Waals surface area (Å²) >= 11 is 1.64. The first-order chi connectivity index (χ1) is 14.2. The Morgan fingerprint density at radius 2 is 1.80 bits per heavy atom. The highest BCUT2D eigenvalue weighted by molar-refractivity contribution is 8.01. The largest absolute Gasteiger partial charge is 0.342 e. The molecule has 3 aliphatic heterocycles. The van der Waals surface area contributed by atoms with E-state index in [0.29, 0.717) is 5.56 Å². The van der Waals surface area contributed by atoms with Crippen molar-refractivity contribution in [3.05, 3.63) is 35.4 Å². The number of carbonyl (C=O) groups excluding carboxylic acids is 3. The molecule has 3 atom stereocenters. The fraction of sp³-hybridized carbons (Fsp3) is 0.609. The molecule has 0 aliphatic carbocycles. The molecule has 30 heavy (non-hydrogen) atoms. The van der Waals surface area contributed by atoms with E-state index in [1.807, 2.05) is 56.9 Å². The van der Waals surface area contributed by atoms with E-state index in [1.54, 1.807) is 16.7 Å². The Morgan fingerprint density at radius 1 is 1.13 bits per heavy atom. The molecule has 1 N–H and O–H groups in total. The lowest BCUT2D eigenvalue weighted by Gasteiger charge is -2.35. The number of nitrogens with zero attached hydrogens (tertiary/aromatic N) is 2. The van der Waals surface area contributed by atoms with Gasteiger partial charge in [0.15, 0.2) is 0 Å². The smallest absolute Gasteiger partial charge is 0.256 e. The highest BCUT2D eigenvalue weighted by atomic mass is 32.2. The van der Waals surface area contributed by atoms with Gasteiger partial charge in [0.05, 0.1) is 0 Å². The number of thioether (sulfide) groups is 1. The number of fused-ring (bicyclic) bond motifs is 3. The van der Waals surface area contributed by atoms with Crippen LogP contribution in [-0.2, 0) is 9.59 Å². The number of rotatable bonds is 4. The molecule has 1 aromatic carbocycles. The third-order valence-electron chi connectivity index (χ3n) is 6.44. The molecule has 0 bridgehead atoms. The predicted octanol–water partition coefficient (Wildman–Crippen LogP) is 3.19. The first-order valence-electron chi connectivity index (χ1n) is 10.9. The maximum absolute atomic E-state index is 13.5. The maximum Gasteiger partial charge on any atom is 0.256 e. The van der Waals surface area contributed by atoms with Gasteiger partial charge in [0.25, 0.3) is 5.91 Å². The van der Waals surface area contributed by atoms with Gasteiger partial charge in [-0.3, -0.25) is 14.4 Å². The van der Waals surface area contributed by atoms with Crippen molar-refractivity contribution in [1.29, 1.82) is 0 Å². The van der Waals surface area contributed by atoms with Gasteiger partial charge in [-0.1, -0.05) is 32.0 Å². The van der Waals surface area contributed by atoms with Crippen molar-refractivity contribution in [2.45, 2.75) is 69.2 Å². The SMILES string of the molecule is CC(C)[C@H](NC(=O)[C@H]1N2C(=O)c3ccccc3[C@@H]2SC1(C)C)C(=O)N1CCCCC1. The van der Waals surface area contributed by atoms with Crippen LogP contribution < -0.4 is 5.32 Å². The minimum atomic E-state index is -0.622. The van der Waals surface area contributed by atoms with E-state index in [4.69, 9.17) is 0 Å². The number of likely N-dealkylation sites (tertiary alicyclic amines) is 1. The summed E-state index contributed by atoms with van der Waals surface area (Å²) in [4.78, 5) is 43.4. The molecule has 3 heterocycles. The summed E-state index contributed by atoms with van der Waals surface area (Å²) in [5.74, 6) is -0.366. The summed E-state index contributed by atoms with van der Waals surface area (Å²) in [6.07, 6.45) is 3.17. The normalized spacial score (nSPS) is 25.8. The molecule has 3 aliphatic rings. The van der Waals surface area contributed by atoms with Crippen LogP contribution in [0.4, 0.5) is 0 Å². The third kappa shape index (κ3) is 3.51. The molecule has 6 nitrogen and oxygen atoms in total. The van der Waals surface area contributed by atoms with Gasteiger partial charge < -0.3 is 15.1 Å². The number of hydrogen-bond acceptors (Lipinski definition) is 4. The summed E-state index contributed by atoms with van der Waals surface area (Å²) in [5, 5.41) is 2.88. The lowest BCUT2D eigenvalue weighted by molar-refractivity contribution is -0.139. The minimum absolute atomic E-state index is 0.00547. The summed E-state index contributed by atoms with van der Waals surface area (Å²) in [5.41, 5.74) is 1.65. The van der Waals surface area contributed by atoms with E-state index >= 15 is 0 Å². The lowest BCUT2D eigenvalue weighted by atomic mass is 9.97. The molecule has 0 aromatic heterocycles. The van der Waals surface area contributed by atoms with Crippen LogP contribution in [0.1, 0.15) is 68.3 Å². The van der Waals surface area contributed by atoms with Gasteiger partial charge in [0.2, 0.25) is 11.8 Å². The Hall–Kier alpha value is -2.02. The summed E-state index contributed by atoms with van der Waals surface area (Å²) in [6.45, 7) is 9.44. The fourth-order valence-corrected chi connectivity index (χ4v) is 6.45. The standard InChI is InChI=1S/C23H31N3O3S/c1-14(2)17(21(29)25-12-8-5-9-13-25)24-19(27)18-23(3,4)30-22-16-11-7-6-10-15(16)20(28)26(18)22/h6-7,10-11,14,17-18,22H,5,8-9,12-13H2,1-4H3,(H,24,27)/t17-,18+,22-/m0/s1. The molecule has 7 heteroatoms. The monoisotopic (exact) mass is 429 g/mol. The van der Waals surface area contributed by atoms with Gasteiger partial charge in [0, 0.05) is 23.4 Å². The third-order valence-corrected chi connectivity index (χ3v) is 7.98. The van der Waals surface area contributed by atoms with Crippen LogP contribution in [-0.4, -0.2) is 57.4 Å². The molecule has 0 radical (unpaired) electrons. The predicted molar refractivity (Wildman–Crippen MR) is 118 cm³/mol. The van der Waals surface area contributed by atoms with Gasteiger partial charge in [0.1, 0.15) is 17.5 Å². The zero-order valence-electron chi connectivity index (χ0n) is 18.2. The summed E-state index contributed by atoms with van der Waals surface area (Å²) in [6, 6.07) is 6.39. The van der Waals surface area contributed by atoms with Crippen LogP contribution in [0.25, 0.3) is 0 Å². The van der Waals surface area contributed by atoms with Crippen LogP contribution in [0.2, 0.25) is 0 Å². The summed E-state index contributed by atoms with van der Waals surface area (Å²) in [7, 11) is 0. The van der Waals surface area contributed by atoms with E-state index in [2.05, 4.69) is 5.32 Å². The van der Waals surface area contributed by atoms with Gasteiger partial charge in [-0.25, -0.2) is 0 Å². The van der Waals surface area contributed by atoms with Gasteiger partial charge in [-0.15, -0.1) is 11.8 Å². The van der Waals surface area contributed by atoms with E-state index < -0.39 is 16.8 Å². The van der Waals surface area contributed by atoms with Crippen molar-refractivity contribution >= 4 is 29.5 Å². The number of carbonyl (C=O) groups is 3. The highest BCUT2D eigenvalue weighted by Gasteiger charge is 2.57. The average Bonchev–Trinajstić information content (AvgIpc) is 3.15. The Kier molecular flexibility index (Phi) is 5.60. The second kappa shape index (κ2) is 7.91. The average molecular weight is 430 g/mol. The van der Waals surface area contributed by atoms with Crippen molar-refractivity contribution in [3.63, 3.8) is 0 Å². The van der Waals surface area contributed by atoms with Crippen molar-refractivity contribution in [2.75, 3.05) is 13.1 Å². The molecule has 0 unspecified atom stereocenters. The Labute approximate surface area is 182 Å². The van der Waals surface area contributed by atoms with Crippen LogP contribution in [0.15, 0.2) is 24.3 Å². The second-order valence-electron chi connectivity index (χ2n) is 9.39. The van der Waals surface area contributed by atoms with E-state index in [1.165, 1.54) is 0 Å². The fourth-order valence-electron chi connectivity index (χ4n) is 4.86. The van der Waals surface area contributed by atoms with E-state index in [-0.39, 0.29) is 29.0 Å². The number of benzene rings is 1. The molecule has 0 spiro atoms. The number of hydrogen-bond donors (Lipinski definition) is 1. The lowest BCUT2D eigenvalue weighted by Crippen LogP contribution is -2.59. The Bertz CT molecular complexity index is 863. The van der Waals surface area contributed by atoms with Crippen molar-refractivity contribution < 1.29 is 14.4 Å². The van der Waals surface area contributed by atoms with Crippen LogP contribution in [0.3, 0.4) is 0 Å². The number of nitrogens with one attached hydrogen (secondary N) is 1. The minimum Gasteiger partial charge on any atom is -0.342 e. The molecule has 3 amide bonds. The molecule has 1 aromatic rings. The van der Waals surface area contributed by atoms with Gasteiger partial charge in [-0.2, -0.15) is 0 Å². The van der Waals surface area contributed by atoms with Crippen molar-refractivity contribution in [2.24, 2.45) is 5.92 Å². The van der Waals surface area contributed by atoms with Gasteiger partial charge >= 0.3 is 0 Å². The molecular weight excluding hydrogens is 398 g/mol. The van der Waals surface area contributed by atoms with Gasteiger partial charge in [-0.05, 0) is 50.7 Å². The maximum atomic E-state index is 13.5. The topological polar surface area (TPSA) is 69.7 Å². The van der Waals surface area contributed by atoms with E-state index in [9.17, 15) is 14.4 Å². The number of piperidine rings is 1. The van der Waals surface area contributed by atoms with Crippen molar-refractivity contribution in [3.8, 4) is 0 Å². The zero-order chi connectivity index (χ0) is 21.6. The van der Waals surface area contributed by atoms with E-state index in [0.717, 1.165) is 37.9 Å². The zero-order valence-corrected chi connectivity index (χ0v) is 19.0. The first kappa shape index (κ1) is 21.2. The second-order valence-corrected chi connectivity index (χ2v) is 11.1. The van der Waals surface area contributed by atoms with Crippen LogP contribution in [0, 0.1) is 5.92 Å². The quantitative estimate of drug-likeness (QED) is 0.798. The molecule has 162 valence electrons. The van der Waals surface area contributed by atoms with Crippen LogP contribution >= 0.6 is 11.8 Å². The molecule has 4 rings (SSSR count). The van der Waals surface area contributed by atoms with Crippen molar-refractivity contribution in [1.82, 2.24) is 15.1 Å². The molecule has 0 saturated carbocycles. The molecule has 2 saturated heterocycles.